The lowest BCUT2D eigenvalue weighted by Gasteiger charge is -2.25. The summed E-state index contributed by atoms with van der Waals surface area (Å²) in [4.78, 5) is 28.3. The fraction of sp³-hybridized carbons (Fsp3) is 0.389. The van der Waals surface area contributed by atoms with Gasteiger partial charge in [-0.3, -0.25) is 10.1 Å². The van der Waals surface area contributed by atoms with Gasteiger partial charge in [0.1, 0.15) is 17.9 Å². The van der Waals surface area contributed by atoms with Crippen LogP contribution < -0.4 is 11.1 Å². The molecule has 0 aliphatic heterocycles. The number of hydrogen-bond donors (Lipinski definition) is 2. The van der Waals surface area contributed by atoms with Gasteiger partial charge in [0.05, 0.1) is 38.5 Å². The van der Waals surface area contributed by atoms with Crippen molar-refractivity contribution >= 4 is 11.9 Å². The molecule has 0 bridgehead atoms. The number of nitrogens with one attached hydrogen (secondary N) is 1. The molecule has 9 heteroatoms. The summed E-state index contributed by atoms with van der Waals surface area (Å²) >= 11 is 0. The lowest BCUT2D eigenvalue weighted by molar-refractivity contribution is -0.146. The number of carbonyl (C=O) groups is 2. The lowest BCUT2D eigenvalue weighted by Crippen LogP contribution is -2.47. The normalized spacial score (nSPS) is 14.3. The number of nitrogens with two attached hydrogens (primary N) is 1. The number of halogens is 1. The van der Waals surface area contributed by atoms with Gasteiger partial charge in [0, 0.05) is 6.54 Å². The minimum absolute atomic E-state index is 0.0676. The van der Waals surface area contributed by atoms with Crippen LogP contribution in [0.5, 0.6) is 0 Å². The van der Waals surface area contributed by atoms with Crippen molar-refractivity contribution in [3.05, 3.63) is 53.9 Å². The molecular weight excluding hydrogens is 355 g/mol. The molecule has 1 aromatic heterocycles. The van der Waals surface area contributed by atoms with E-state index in [1.54, 1.807) is 23.0 Å². The second-order valence-electron chi connectivity index (χ2n) is 5.89. The first kappa shape index (κ1) is 20.5. The highest BCUT2D eigenvalue weighted by Gasteiger charge is 2.31. The third-order valence-electron chi connectivity index (χ3n) is 4.29. The number of carbonyl (C=O) groups excluding carboxylic acids is 2. The van der Waals surface area contributed by atoms with Crippen molar-refractivity contribution in [1.29, 1.82) is 0 Å². The zero-order valence-corrected chi connectivity index (χ0v) is 15.4. The van der Waals surface area contributed by atoms with Gasteiger partial charge in [-0.2, -0.15) is 0 Å². The smallest absolute Gasteiger partial charge is 0.329 e. The number of methoxy groups -OCH3 is 2. The molecule has 0 spiro atoms. The van der Waals surface area contributed by atoms with Gasteiger partial charge in [-0.15, -0.1) is 0 Å². The van der Waals surface area contributed by atoms with Crippen LogP contribution in [-0.4, -0.2) is 48.3 Å². The molecule has 3 unspecified atom stereocenters. The van der Waals surface area contributed by atoms with Crippen molar-refractivity contribution in [2.75, 3.05) is 20.8 Å². The number of hydrogen-bond acceptors (Lipinski definition) is 7. The maximum Gasteiger partial charge on any atom is 0.329 e. The van der Waals surface area contributed by atoms with Crippen molar-refractivity contribution in [3.63, 3.8) is 0 Å². The molecule has 0 aliphatic rings. The summed E-state index contributed by atoms with van der Waals surface area (Å²) in [5.74, 6) is -1.54. The Morgan fingerprint density at radius 1 is 1.22 bits per heavy atom. The quantitative estimate of drug-likeness (QED) is 0.658. The summed E-state index contributed by atoms with van der Waals surface area (Å²) in [6.45, 7) is 1.81. The number of ether oxygens (including phenoxy) is 2. The molecule has 3 atom stereocenters. The maximum atomic E-state index is 13.2. The lowest BCUT2D eigenvalue weighted by atomic mass is 10.1. The highest BCUT2D eigenvalue weighted by Crippen LogP contribution is 2.24. The van der Waals surface area contributed by atoms with Crippen molar-refractivity contribution in [2.24, 2.45) is 5.73 Å². The molecule has 0 fully saturated rings. The van der Waals surface area contributed by atoms with Crippen molar-refractivity contribution < 1.29 is 23.5 Å². The number of benzene rings is 1. The number of rotatable bonds is 8. The van der Waals surface area contributed by atoms with Crippen LogP contribution in [0.25, 0.3) is 0 Å². The van der Waals surface area contributed by atoms with E-state index in [2.05, 4.69) is 10.3 Å². The first-order valence-electron chi connectivity index (χ1n) is 8.31. The second-order valence-corrected chi connectivity index (χ2v) is 5.89. The molecular formula is C18H23FN4O4. The van der Waals surface area contributed by atoms with Gasteiger partial charge in [-0.1, -0.05) is 12.1 Å². The molecule has 0 radical (unpaired) electrons. The molecule has 1 aromatic carbocycles. The summed E-state index contributed by atoms with van der Waals surface area (Å²) in [7, 11) is 2.48. The molecule has 0 saturated carbocycles. The largest absolute Gasteiger partial charge is 0.468 e. The minimum atomic E-state index is -0.993. The van der Waals surface area contributed by atoms with E-state index in [0.717, 1.165) is 5.56 Å². The Hall–Kier alpha value is -2.78. The SMILES string of the molecule is COC(=O)C(CN)NC(C(=O)OC)c1cncn1C(C)c1ccc(F)cc1. The van der Waals surface area contributed by atoms with Crippen LogP contribution in [0.15, 0.2) is 36.8 Å². The molecule has 3 N–H and O–H groups in total. The Labute approximate surface area is 156 Å². The van der Waals surface area contributed by atoms with Gasteiger partial charge < -0.3 is 19.8 Å². The zero-order valence-electron chi connectivity index (χ0n) is 15.4. The number of esters is 2. The van der Waals surface area contributed by atoms with Crippen LogP contribution in [0.2, 0.25) is 0 Å². The molecule has 8 nitrogen and oxygen atoms in total. The molecule has 2 aromatic rings. The summed E-state index contributed by atoms with van der Waals surface area (Å²) in [6, 6.07) is 3.90. The van der Waals surface area contributed by atoms with Crippen molar-refractivity contribution in [2.45, 2.75) is 25.0 Å². The van der Waals surface area contributed by atoms with Crippen LogP contribution in [0.4, 0.5) is 4.39 Å². The molecule has 146 valence electrons. The monoisotopic (exact) mass is 378 g/mol. The van der Waals surface area contributed by atoms with Crippen molar-refractivity contribution in [3.8, 4) is 0 Å². The van der Waals surface area contributed by atoms with Crippen LogP contribution in [0.3, 0.4) is 0 Å². The van der Waals surface area contributed by atoms with Crippen LogP contribution in [0, 0.1) is 5.82 Å². The Kier molecular flexibility index (Phi) is 7.03. The van der Waals surface area contributed by atoms with Crippen molar-refractivity contribution in [1.82, 2.24) is 14.9 Å². The van der Waals surface area contributed by atoms with Gasteiger partial charge in [0.15, 0.2) is 0 Å². The Morgan fingerprint density at radius 2 is 1.85 bits per heavy atom. The zero-order chi connectivity index (χ0) is 20.0. The van der Waals surface area contributed by atoms with E-state index in [9.17, 15) is 14.0 Å². The number of aromatic nitrogens is 2. The summed E-state index contributed by atoms with van der Waals surface area (Å²) < 4.78 is 24.5. The Morgan fingerprint density at radius 3 is 2.41 bits per heavy atom. The summed E-state index contributed by atoms with van der Waals surface area (Å²) in [5, 5.41) is 2.87. The van der Waals surface area contributed by atoms with Crippen LogP contribution >= 0.6 is 0 Å². The number of nitrogens with zero attached hydrogens (tertiary/aromatic N) is 2. The first-order chi connectivity index (χ1) is 12.9. The Bertz CT molecular complexity index is 778. The van der Waals surface area contributed by atoms with E-state index in [-0.39, 0.29) is 18.4 Å². The van der Waals surface area contributed by atoms with Crippen LogP contribution in [-0.2, 0) is 19.1 Å². The van der Waals surface area contributed by atoms with E-state index < -0.39 is 24.0 Å². The molecule has 0 aliphatic carbocycles. The van der Waals surface area contributed by atoms with Gasteiger partial charge in [0.2, 0.25) is 0 Å². The van der Waals surface area contributed by atoms with E-state index in [0.29, 0.717) is 5.69 Å². The Balaban J connectivity index is 2.37. The molecule has 0 amide bonds. The molecule has 0 saturated heterocycles. The van der Waals surface area contributed by atoms with E-state index in [4.69, 9.17) is 15.2 Å². The molecule has 2 rings (SSSR count). The van der Waals surface area contributed by atoms with E-state index in [1.165, 1.54) is 32.5 Å². The maximum absolute atomic E-state index is 13.2. The topological polar surface area (TPSA) is 108 Å². The molecule has 27 heavy (non-hydrogen) atoms. The van der Waals surface area contributed by atoms with Gasteiger partial charge in [-0.25, -0.2) is 14.2 Å². The second kappa shape index (κ2) is 9.24. The predicted molar refractivity (Wildman–Crippen MR) is 95.2 cm³/mol. The third kappa shape index (κ3) is 4.69. The van der Waals surface area contributed by atoms with E-state index >= 15 is 0 Å². The predicted octanol–water partition coefficient (Wildman–Crippen LogP) is 0.936. The minimum Gasteiger partial charge on any atom is -0.468 e. The average Bonchev–Trinajstić information content (AvgIpc) is 3.17. The number of imidazole rings is 1. The van der Waals surface area contributed by atoms with E-state index in [1.807, 2.05) is 6.92 Å². The fourth-order valence-corrected chi connectivity index (χ4v) is 2.73. The third-order valence-corrected chi connectivity index (χ3v) is 4.29. The highest BCUT2D eigenvalue weighted by molar-refractivity contribution is 5.80. The first-order valence-corrected chi connectivity index (χ1v) is 8.31. The average molecular weight is 378 g/mol. The van der Waals surface area contributed by atoms with Gasteiger partial charge in [-0.05, 0) is 24.6 Å². The summed E-state index contributed by atoms with van der Waals surface area (Å²) in [6.07, 6.45) is 3.05. The highest BCUT2D eigenvalue weighted by atomic mass is 19.1. The standard InChI is InChI=1S/C18H23FN4O4/c1-11(12-4-6-13(19)7-5-12)23-10-21-9-15(23)16(18(25)27-3)22-14(8-20)17(24)26-2/h4-7,9-11,14,16,22H,8,20H2,1-3H3. The van der Waals surface area contributed by atoms with Crippen LogP contribution in [0.1, 0.15) is 30.3 Å². The summed E-state index contributed by atoms with van der Waals surface area (Å²) in [5.41, 5.74) is 6.92. The van der Waals surface area contributed by atoms with Gasteiger partial charge in [0.25, 0.3) is 0 Å². The molecule has 1 heterocycles. The van der Waals surface area contributed by atoms with Gasteiger partial charge >= 0.3 is 11.9 Å². The fourth-order valence-electron chi connectivity index (χ4n) is 2.73.